The number of fused-ring (bicyclic) bond motifs is 1. The third-order valence-corrected chi connectivity index (χ3v) is 5.17. The largest absolute Gasteiger partial charge is 0.348 e. The zero-order chi connectivity index (χ0) is 21.8. The second-order valence-corrected chi connectivity index (χ2v) is 8.52. The molecule has 0 saturated heterocycles. The van der Waals surface area contributed by atoms with Crippen LogP contribution < -0.4 is 5.32 Å². The summed E-state index contributed by atoms with van der Waals surface area (Å²) in [4.78, 5) is 29.3. The molecule has 2 aromatic rings. The van der Waals surface area contributed by atoms with Crippen molar-refractivity contribution in [3.63, 3.8) is 0 Å². The molecule has 0 radical (unpaired) electrons. The van der Waals surface area contributed by atoms with Gasteiger partial charge in [-0.2, -0.15) is 0 Å². The number of nitrogens with one attached hydrogen (secondary N) is 1. The summed E-state index contributed by atoms with van der Waals surface area (Å²) >= 11 is 0. The fourth-order valence-electron chi connectivity index (χ4n) is 3.93. The molecule has 1 aromatic carbocycles. The molecule has 3 rings (SSSR count). The van der Waals surface area contributed by atoms with Crippen molar-refractivity contribution in [1.29, 1.82) is 0 Å². The number of urea groups is 1. The maximum absolute atomic E-state index is 14.7. The smallest absolute Gasteiger partial charge is 0.318 e. The quantitative estimate of drug-likeness (QED) is 0.785. The van der Waals surface area contributed by atoms with Crippen LogP contribution in [0.1, 0.15) is 45.0 Å². The maximum atomic E-state index is 14.7. The summed E-state index contributed by atoms with van der Waals surface area (Å²) in [6.07, 6.45) is 1.95. The van der Waals surface area contributed by atoms with Gasteiger partial charge in [0.25, 0.3) is 0 Å². The third-order valence-electron chi connectivity index (χ3n) is 5.17. The summed E-state index contributed by atoms with van der Waals surface area (Å²) in [5.41, 5.74) is 1.34. The lowest BCUT2D eigenvalue weighted by Gasteiger charge is -2.38. The van der Waals surface area contributed by atoms with Gasteiger partial charge in [0.15, 0.2) is 0 Å². The van der Waals surface area contributed by atoms with E-state index in [2.05, 4.69) is 9.88 Å². The van der Waals surface area contributed by atoms with Crippen LogP contribution in [0.5, 0.6) is 0 Å². The van der Waals surface area contributed by atoms with E-state index in [1.807, 2.05) is 46.0 Å². The standard InChI is InChI=1S/C23H31FN4O2/c1-16(2)14-27(23(30)25-17(3)4)15-21(29)28-13-12-26-11-7-10-20(26)22(28)18-8-5-6-9-19(18)24/h5-11,16-17,22H,12-15H2,1-4H3,(H,25,30)/t22-/m1/s1. The Kier molecular flexibility index (Phi) is 6.80. The van der Waals surface area contributed by atoms with E-state index in [1.165, 1.54) is 6.07 Å². The van der Waals surface area contributed by atoms with Gasteiger partial charge in [0, 0.05) is 43.1 Å². The molecular formula is C23H31FN4O2. The van der Waals surface area contributed by atoms with Crippen LogP contribution in [-0.2, 0) is 11.3 Å². The van der Waals surface area contributed by atoms with E-state index in [4.69, 9.17) is 0 Å². The van der Waals surface area contributed by atoms with Gasteiger partial charge in [0.05, 0.1) is 0 Å². The van der Waals surface area contributed by atoms with Gasteiger partial charge in [0.1, 0.15) is 18.4 Å². The predicted molar refractivity (Wildman–Crippen MR) is 114 cm³/mol. The minimum Gasteiger partial charge on any atom is -0.348 e. The fourth-order valence-corrected chi connectivity index (χ4v) is 3.93. The van der Waals surface area contributed by atoms with Crippen LogP contribution in [-0.4, -0.2) is 52.0 Å². The highest BCUT2D eigenvalue weighted by Crippen LogP contribution is 2.33. The molecule has 1 aliphatic rings. The Balaban J connectivity index is 1.89. The average Bonchev–Trinajstić information content (AvgIpc) is 3.15. The number of amides is 3. The molecule has 0 bridgehead atoms. The first-order valence-electron chi connectivity index (χ1n) is 10.5. The first kappa shape index (κ1) is 21.9. The normalized spacial score (nSPS) is 16.0. The summed E-state index contributed by atoms with van der Waals surface area (Å²) in [5.74, 6) is -0.307. The molecule has 1 atom stereocenters. The van der Waals surface area contributed by atoms with Crippen LogP contribution >= 0.6 is 0 Å². The summed E-state index contributed by atoms with van der Waals surface area (Å²) < 4.78 is 16.7. The highest BCUT2D eigenvalue weighted by Gasteiger charge is 2.34. The van der Waals surface area contributed by atoms with Gasteiger partial charge in [-0.3, -0.25) is 4.79 Å². The molecule has 2 heterocycles. The molecule has 3 amide bonds. The number of rotatable bonds is 6. The summed E-state index contributed by atoms with van der Waals surface area (Å²) in [6.45, 7) is 9.33. The van der Waals surface area contributed by atoms with Crippen LogP contribution in [0.15, 0.2) is 42.6 Å². The van der Waals surface area contributed by atoms with E-state index in [9.17, 15) is 14.0 Å². The van der Waals surface area contributed by atoms with Gasteiger partial charge in [-0.05, 0) is 38.0 Å². The fraction of sp³-hybridized carbons (Fsp3) is 0.478. The van der Waals surface area contributed by atoms with E-state index in [-0.39, 0.29) is 36.3 Å². The number of aromatic nitrogens is 1. The van der Waals surface area contributed by atoms with Gasteiger partial charge in [-0.25, -0.2) is 9.18 Å². The minimum absolute atomic E-state index is 0.0216. The number of hydrogen-bond acceptors (Lipinski definition) is 2. The first-order chi connectivity index (χ1) is 14.3. The number of carbonyl (C=O) groups excluding carboxylic acids is 2. The molecule has 0 fully saturated rings. The van der Waals surface area contributed by atoms with E-state index in [1.54, 1.807) is 28.0 Å². The predicted octanol–water partition coefficient (Wildman–Crippen LogP) is 3.63. The number of hydrogen-bond donors (Lipinski definition) is 1. The van der Waals surface area contributed by atoms with E-state index in [0.717, 1.165) is 5.69 Å². The highest BCUT2D eigenvalue weighted by atomic mass is 19.1. The second kappa shape index (κ2) is 9.32. The molecule has 6 nitrogen and oxygen atoms in total. The first-order valence-corrected chi connectivity index (χ1v) is 10.5. The van der Waals surface area contributed by atoms with Crippen molar-refractivity contribution in [2.75, 3.05) is 19.6 Å². The average molecular weight is 415 g/mol. The lowest BCUT2D eigenvalue weighted by Crippen LogP contribution is -2.51. The zero-order valence-electron chi connectivity index (χ0n) is 18.1. The highest BCUT2D eigenvalue weighted by molar-refractivity contribution is 5.85. The molecule has 7 heteroatoms. The Hall–Kier alpha value is -2.83. The van der Waals surface area contributed by atoms with Gasteiger partial charge in [-0.1, -0.05) is 32.0 Å². The molecule has 30 heavy (non-hydrogen) atoms. The number of benzene rings is 1. The van der Waals surface area contributed by atoms with Gasteiger partial charge in [0.2, 0.25) is 5.91 Å². The molecule has 0 unspecified atom stereocenters. The van der Waals surface area contributed by atoms with Crippen molar-refractivity contribution in [2.24, 2.45) is 5.92 Å². The van der Waals surface area contributed by atoms with Gasteiger partial charge in [-0.15, -0.1) is 0 Å². The van der Waals surface area contributed by atoms with Crippen LogP contribution in [0.3, 0.4) is 0 Å². The van der Waals surface area contributed by atoms with Crippen molar-refractivity contribution >= 4 is 11.9 Å². The minimum atomic E-state index is -0.517. The van der Waals surface area contributed by atoms with Crippen LogP contribution in [0.25, 0.3) is 0 Å². The Bertz CT molecular complexity index is 893. The molecule has 0 aliphatic carbocycles. The van der Waals surface area contributed by atoms with Gasteiger partial charge >= 0.3 is 6.03 Å². The number of nitrogens with zero attached hydrogens (tertiary/aromatic N) is 3. The lowest BCUT2D eigenvalue weighted by molar-refractivity contribution is -0.134. The third kappa shape index (κ3) is 4.83. The molecule has 0 saturated carbocycles. The van der Waals surface area contributed by atoms with Crippen molar-refractivity contribution in [3.05, 3.63) is 59.7 Å². The monoisotopic (exact) mass is 414 g/mol. The Morgan fingerprint density at radius 3 is 2.53 bits per heavy atom. The maximum Gasteiger partial charge on any atom is 0.318 e. The molecule has 1 N–H and O–H groups in total. The SMILES string of the molecule is CC(C)CN(CC(=O)N1CCn2cccc2[C@H]1c1ccccc1F)C(=O)NC(C)C. The summed E-state index contributed by atoms with van der Waals surface area (Å²) in [5, 5.41) is 2.87. The number of halogens is 1. The number of carbonyl (C=O) groups is 2. The topological polar surface area (TPSA) is 57.6 Å². The van der Waals surface area contributed by atoms with Crippen LogP contribution in [0.2, 0.25) is 0 Å². The Morgan fingerprint density at radius 1 is 1.13 bits per heavy atom. The summed E-state index contributed by atoms with van der Waals surface area (Å²) in [7, 11) is 0. The van der Waals surface area contributed by atoms with Crippen LogP contribution in [0, 0.1) is 11.7 Å². The van der Waals surface area contributed by atoms with Crippen molar-refractivity contribution in [2.45, 2.75) is 46.3 Å². The zero-order valence-corrected chi connectivity index (χ0v) is 18.1. The molecule has 162 valence electrons. The molecule has 1 aliphatic heterocycles. The van der Waals surface area contributed by atoms with Gasteiger partial charge < -0.3 is 19.7 Å². The van der Waals surface area contributed by atoms with E-state index >= 15 is 0 Å². The Labute approximate surface area is 177 Å². The van der Waals surface area contributed by atoms with Crippen LogP contribution in [0.4, 0.5) is 9.18 Å². The van der Waals surface area contributed by atoms with E-state index < -0.39 is 6.04 Å². The van der Waals surface area contributed by atoms with Crippen molar-refractivity contribution < 1.29 is 14.0 Å². The molecule has 0 spiro atoms. The molecular weight excluding hydrogens is 383 g/mol. The lowest BCUT2D eigenvalue weighted by atomic mass is 9.99. The summed E-state index contributed by atoms with van der Waals surface area (Å²) in [6, 6.07) is 9.61. The van der Waals surface area contributed by atoms with Crippen molar-refractivity contribution in [1.82, 2.24) is 19.7 Å². The second-order valence-electron chi connectivity index (χ2n) is 8.52. The molecule has 1 aromatic heterocycles. The van der Waals surface area contributed by atoms with E-state index in [0.29, 0.717) is 25.2 Å². The van der Waals surface area contributed by atoms with Crippen molar-refractivity contribution in [3.8, 4) is 0 Å². The Morgan fingerprint density at radius 2 is 1.87 bits per heavy atom.